The summed E-state index contributed by atoms with van der Waals surface area (Å²) in [5.74, 6) is 0. The molecule has 0 bridgehead atoms. The van der Waals surface area contributed by atoms with E-state index in [1.54, 1.807) is 0 Å². The first-order valence-electron chi connectivity index (χ1n) is 3.18. The van der Waals surface area contributed by atoms with Gasteiger partial charge < -0.3 is 5.11 Å². The fourth-order valence-corrected chi connectivity index (χ4v) is 1.08. The Kier molecular flexibility index (Phi) is 1.86. The summed E-state index contributed by atoms with van der Waals surface area (Å²) in [4.78, 5) is 0. The van der Waals surface area contributed by atoms with E-state index in [4.69, 9.17) is 10.8 Å². The molecule has 0 saturated heterocycles. The molecule has 0 unspecified atom stereocenters. The van der Waals surface area contributed by atoms with Gasteiger partial charge >= 0.3 is 0 Å². The van der Waals surface area contributed by atoms with Gasteiger partial charge in [-0.15, -0.1) is 0 Å². The molecule has 1 rings (SSSR count). The molecule has 2 N–H and O–H groups in total. The Morgan fingerprint density at radius 3 is 2.00 bits per heavy atom. The largest absolute Gasteiger partial charge is 0.393 e. The zero-order valence-electron chi connectivity index (χ0n) is 4.93. The summed E-state index contributed by atoms with van der Waals surface area (Å²) in [5, 5.41) is 8.94. The third-order valence-corrected chi connectivity index (χ3v) is 1.70. The van der Waals surface area contributed by atoms with E-state index < -0.39 is 0 Å². The van der Waals surface area contributed by atoms with Crippen molar-refractivity contribution in [2.75, 3.05) is 0 Å². The van der Waals surface area contributed by atoms with Crippen LogP contribution in [-0.4, -0.2) is 17.3 Å². The standard InChI is InChI=1S/C6H12NO/c7-5-1-3-6(8)4-2-5/h5-8H,1-4H2/t5-,6-. The highest BCUT2D eigenvalue weighted by molar-refractivity contribution is 4.72. The normalized spacial score (nSPS) is 39.8. The molecule has 0 spiro atoms. The molecule has 1 fully saturated rings. The molecule has 1 saturated carbocycles. The van der Waals surface area contributed by atoms with Gasteiger partial charge in [0.1, 0.15) is 0 Å². The molecule has 1 aliphatic carbocycles. The molecule has 0 atom stereocenters. The summed E-state index contributed by atoms with van der Waals surface area (Å²) in [7, 11) is 0. The van der Waals surface area contributed by atoms with Crippen LogP contribution in [0.25, 0.3) is 0 Å². The molecule has 2 nitrogen and oxygen atoms in total. The Morgan fingerprint density at radius 1 is 1.12 bits per heavy atom. The molecule has 8 heavy (non-hydrogen) atoms. The van der Waals surface area contributed by atoms with Crippen LogP contribution in [-0.2, 0) is 0 Å². The Balaban J connectivity index is 2.19. The quantitative estimate of drug-likeness (QED) is 0.491. The van der Waals surface area contributed by atoms with Crippen molar-refractivity contribution in [2.24, 2.45) is 0 Å². The van der Waals surface area contributed by atoms with Crippen LogP contribution in [0, 0.1) is 0 Å². The summed E-state index contributed by atoms with van der Waals surface area (Å²) >= 11 is 0. The van der Waals surface area contributed by atoms with E-state index in [0.29, 0.717) is 0 Å². The second kappa shape index (κ2) is 2.46. The molecule has 2 heteroatoms. The zero-order chi connectivity index (χ0) is 5.98. The highest BCUT2D eigenvalue weighted by Gasteiger charge is 2.15. The molecular formula is C6H12NO. The second-order valence-corrected chi connectivity index (χ2v) is 2.51. The van der Waals surface area contributed by atoms with Crippen LogP contribution in [0.1, 0.15) is 25.7 Å². The maximum absolute atomic E-state index is 8.94. The fraction of sp³-hybridized carbons (Fsp3) is 1.00. The van der Waals surface area contributed by atoms with E-state index in [0.717, 1.165) is 25.7 Å². The van der Waals surface area contributed by atoms with Gasteiger partial charge in [0, 0.05) is 6.04 Å². The number of aliphatic hydroxyl groups excluding tert-OH is 1. The zero-order valence-corrected chi connectivity index (χ0v) is 4.93. The van der Waals surface area contributed by atoms with Gasteiger partial charge in [0.15, 0.2) is 0 Å². The number of aliphatic hydroxyl groups is 1. The molecule has 0 aliphatic heterocycles. The minimum atomic E-state index is -0.100. The molecule has 0 heterocycles. The van der Waals surface area contributed by atoms with Gasteiger partial charge in [0.2, 0.25) is 0 Å². The van der Waals surface area contributed by atoms with Crippen molar-refractivity contribution in [1.29, 1.82) is 0 Å². The van der Waals surface area contributed by atoms with Crippen molar-refractivity contribution < 1.29 is 5.11 Å². The van der Waals surface area contributed by atoms with Crippen LogP contribution in [0.2, 0.25) is 0 Å². The lowest BCUT2D eigenvalue weighted by Crippen LogP contribution is -2.22. The molecule has 1 radical (unpaired) electrons. The van der Waals surface area contributed by atoms with Gasteiger partial charge in [0.25, 0.3) is 0 Å². The van der Waals surface area contributed by atoms with Crippen molar-refractivity contribution in [3.8, 4) is 0 Å². The predicted molar refractivity (Wildman–Crippen MR) is 31.4 cm³/mol. The second-order valence-electron chi connectivity index (χ2n) is 2.51. The van der Waals surface area contributed by atoms with E-state index in [9.17, 15) is 0 Å². The smallest absolute Gasteiger partial charge is 0.0541 e. The summed E-state index contributed by atoms with van der Waals surface area (Å²) in [5.41, 5.74) is 7.25. The molecule has 47 valence electrons. The van der Waals surface area contributed by atoms with Crippen LogP contribution < -0.4 is 5.73 Å². The maximum atomic E-state index is 8.94. The lowest BCUT2D eigenvalue weighted by Gasteiger charge is -2.20. The van der Waals surface area contributed by atoms with Crippen molar-refractivity contribution in [2.45, 2.75) is 37.8 Å². The molecule has 0 aromatic rings. The molecule has 0 aromatic carbocycles. The predicted octanol–water partition coefficient (Wildman–Crippen LogP) is 0.573. The monoisotopic (exact) mass is 114 g/mol. The Labute approximate surface area is 49.7 Å². The first-order valence-corrected chi connectivity index (χ1v) is 3.18. The summed E-state index contributed by atoms with van der Waals surface area (Å²) in [6, 6.07) is 0.110. The molecule has 0 amide bonds. The lowest BCUT2D eigenvalue weighted by atomic mass is 9.94. The van der Waals surface area contributed by atoms with Crippen molar-refractivity contribution in [3.05, 3.63) is 0 Å². The number of hydrogen-bond acceptors (Lipinski definition) is 1. The third kappa shape index (κ3) is 1.46. The average molecular weight is 114 g/mol. The van der Waals surface area contributed by atoms with E-state index >= 15 is 0 Å². The van der Waals surface area contributed by atoms with Gasteiger partial charge in [-0.25, -0.2) is 0 Å². The van der Waals surface area contributed by atoms with Crippen LogP contribution in [0.5, 0.6) is 0 Å². The Morgan fingerprint density at radius 2 is 1.62 bits per heavy atom. The van der Waals surface area contributed by atoms with Gasteiger partial charge in [-0.05, 0) is 25.7 Å². The maximum Gasteiger partial charge on any atom is 0.0541 e. The SMILES string of the molecule is [NH][C@H]1CC[C@H](O)CC1. The van der Waals surface area contributed by atoms with Crippen molar-refractivity contribution >= 4 is 0 Å². The van der Waals surface area contributed by atoms with E-state index in [1.165, 1.54) is 0 Å². The Hall–Kier alpha value is -0.0800. The van der Waals surface area contributed by atoms with Crippen LogP contribution in [0.3, 0.4) is 0 Å². The topological polar surface area (TPSA) is 44.0 Å². The first kappa shape index (κ1) is 6.05. The number of rotatable bonds is 0. The summed E-state index contributed by atoms with van der Waals surface area (Å²) < 4.78 is 0. The number of nitrogens with one attached hydrogen (secondary N) is 1. The Bertz CT molecular complexity index is 56.9. The highest BCUT2D eigenvalue weighted by Crippen LogP contribution is 2.16. The molecular weight excluding hydrogens is 102 g/mol. The highest BCUT2D eigenvalue weighted by atomic mass is 16.3. The van der Waals surface area contributed by atoms with Crippen molar-refractivity contribution in [3.63, 3.8) is 0 Å². The van der Waals surface area contributed by atoms with Gasteiger partial charge in [-0.3, -0.25) is 5.73 Å². The van der Waals surface area contributed by atoms with E-state index in [-0.39, 0.29) is 12.1 Å². The molecule has 0 aromatic heterocycles. The first-order chi connectivity index (χ1) is 3.79. The fourth-order valence-electron chi connectivity index (χ4n) is 1.08. The minimum absolute atomic E-state index is 0.100. The average Bonchev–Trinajstić information content (AvgIpc) is 1.77. The van der Waals surface area contributed by atoms with Crippen LogP contribution >= 0.6 is 0 Å². The van der Waals surface area contributed by atoms with Crippen LogP contribution in [0.4, 0.5) is 0 Å². The van der Waals surface area contributed by atoms with Gasteiger partial charge in [0.05, 0.1) is 6.10 Å². The van der Waals surface area contributed by atoms with E-state index in [1.807, 2.05) is 0 Å². The summed E-state index contributed by atoms with van der Waals surface area (Å²) in [6.45, 7) is 0. The van der Waals surface area contributed by atoms with Crippen LogP contribution in [0.15, 0.2) is 0 Å². The third-order valence-electron chi connectivity index (χ3n) is 1.70. The number of hydrogen-bond donors (Lipinski definition) is 1. The van der Waals surface area contributed by atoms with Gasteiger partial charge in [-0.2, -0.15) is 0 Å². The summed E-state index contributed by atoms with van der Waals surface area (Å²) in [6.07, 6.45) is 3.36. The minimum Gasteiger partial charge on any atom is -0.393 e. The lowest BCUT2D eigenvalue weighted by molar-refractivity contribution is 0.122. The molecule has 1 aliphatic rings. The van der Waals surface area contributed by atoms with Crippen molar-refractivity contribution in [1.82, 2.24) is 5.73 Å². The van der Waals surface area contributed by atoms with Gasteiger partial charge in [-0.1, -0.05) is 0 Å². The van der Waals surface area contributed by atoms with E-state index in [2.05, 4.69) is 0 Å².